The van der Waals surface area contributed by atoms with Crippen LogP contribution in [0.4, 0.5) is 0 Å². The molecule has 0 spiro atoms. The number of carbonyl (C=O) groups excluding carboxylic acids is 1. The third-order valence-electron chi connectivity index (χ3n) is 0.656. The number of methoxy groups -OCH3 is 1. The van der Waals surface area contributed by atoms with Gasteiger partial charge in [0.05, 0.1) is 7.11 Å². The van der Waals surface area contributed by atoms with Gasteiger partial charge in [0.15, 0.2) is 0 Å². The first kappa shape index (κ1) is 9.04. The number of ether oxygens (including phenoxy) is 2. The van der Waals surface area contributed by atoms with Crippen LogP contribution >= 0.6 is 11.6 Å². The van der Waals surface area contributed by atoms with Crippen LogP contribution in [0.15, 0.2) is 24.1 Å². The Hall–Kier alpha value is -0.960. The third kappa shape index (κ3) is 3.14. The highest BCUT2D eigenvalue weighted by molar-refractivity contribution is 6.40. The molecule has 4 heteroatoms. The van der Waals surface area contributed by atoms with Crippen LogP contribution in [0.5, 0.6) is 0 Å². The van der Waals surface area contributed by atoms with Gasteiger partial charge in [0.25, 0.3) is 5.95 Å². The lowest BCUT2D eigenvalue weighted by atomic mass is 10.6. The monoisotopic (exact) mass is 162 g/mol. The summed E-state index contributed by atoms with van der Waals surface area (Å²) in [6.45, 7) is 6.37. The van der Waals surface area contributed by atoms with Gasteiger partial charge in [0.1, 0.15) is 5.03 Å². The van der Waals surface area contributed by atoms with Crippen molar-refractivity contribution in [3.05, 3.63) is 24.1 Å². The van der Waals surface area contributed by atoms with Gasteiger partial charge in [-0.1, -0.05) is 18.2 Å². The fourth-order valence-electron chi connectivity index (χ4n) is 0.200. The van der Waals surface area contributed by atoms with Crippen LogP contribution < -0.4 is 0 Å². The summed E-state index contributed by atoms with van der Waals surface area (Å²) < 4.78 is 8.81. The molecule has 0 rings (SSSR count). The highest BCUT2D eigenvalue weighted by Crippen LogP contribution is 2.03. The molecule has 0 aliphatic carbocycles. The molecule has 0 fully saturated rings. The van der Waals surface area contributed by atoms with E-state index in [0.29, 0.717) is 0 Å². The van der Waals surface area contributed by atoms with E-state index >= 15 is 0 Å². The minimum Gasteiger partial charge on any atom is -0.469 e. The molecular formula is C6H7ClO3. The predicted octanol–water partition coefficient (Wildman–Crippen LogP) is 1.40. The van der Waals surface area contributed by atoms with Crippen molar-refractivity contribution in [2.75, 3.05) is 7.11 Å². The quantitative estimate of drug-likeness (QED) is 0.358. The van der Waals surface area contributed by atoms with Gasteiger partial charge < -0.3 is 9.47 Å². The molecule has 0 aromatic carbocycles. The van der Waals surface area contributed by atoms with Gasteiger partial charge in [-0.3, -0.25) is 0 Å². The van der Waals surface area contributed by atoms with Gasteiger partial charge >= 0.3 is 5.97 Å². The van der Waals surface area contributed by atoms with Crippen molar-refractivity contribution in [3.8, 4) is 0 Å². The van der Waals surface area contributed by atoms with Gasteiger partial charge in [0, 0.05) is 0 Å². The Morgan fingerprint density at radius 1 is 1.50 bits per heavy atom. The maximum Gasteiger partial charge on any atom is 0.356 e. The highest BCUT2D eigenvalue weighted by Gasteiger charge is 2.06. The average Bonchev–Trinajstić information content (AvgIpc) is 1.87. The molecule has 3 nitrogen and oxygen atoms in total. The second kappa shape index (κ2) is 3.95. The Balaban J connectivity index is 3.80. The number of halogens is 1. The number of hydrogen-bond acceptors (Lipinski definition) is 3. The van der Waals surface area contributed by atoms with E-state index in [4.69, 9.17) is 11.6 Å². The van der Waals surface area contributed by atoms with Crippen molar-refractivity contribution in [2.45, 2.75) is 0 Å². The average molecular weight is 163 g/mol. The van der Waals surface area contributed by atoms with Crippen LogP contribution in [-0.2, 0) is 14.3 Å². The Morgan fingerprint density at radius 2 is 2.00 bits per heavy atom. The molecular weight excluding hydrogens is 156 g/mol. The number of esters is 1. The smallest absolute Gasteiger partial charge is 0.356 e. The fraction of sp³-hybridized carbons (Fsp3) is 0.167. The van der Waals surface area contributed by atoms with Gasteiger partial charge in [-0.25, -0.2) is 4.79 Å². The van der Waals surface area contributed by atoms with Gasteiger partial charge in [0.2, 0.25) is 0 Å². The molecule has 10 heavy (non-hydrogen) atoms. The minimum absolute atomic E-state index is 0.105. The van der Waals surface area contributed by atoms with Gasteiger partial charge in [-0.2, -0.15) is 0 Å². The van der Waals surface area contributed by atoms with E-state index in [-0.39, 0.29) is 11.0 Å². The summed E-state index contributed by atoms with van der Waals surface area (Å²) in [6, 6.07) is 0. The maximum absolute atomic E-state index is 10.5. The molecule has 0 unspecified atom stereocenters. The van der Waals surface area contributed by atoms with Crippen LogP contribution in [0.25, 0.3) is 0 Å². The van der Waals surface area contributed by atoms with Crippen LogP contribution in [-0.4, -0.2) is 13.1 Å². The van der Waals surface area contributed by atoms with E-state index in [9.17, 15) is 4.79 Å². The van der Waals surface area contributed by atoms with E-state index in [0.717, 1.165) is 0 Å². The second-order valence-corrected chi connectivity index (χ2v) is 1.83. The number of rotatable bonds is 3. The van der Waals surface area contributed by atoms with Crippen molar-refractivity contribution in [2.24, 2.45) is 0 Å². The maximum atomic E-state index is 10.5. The molecule has 0 amide bonds. The second-order valence-electron chi connectivity index (χ2n) is 1.37. The highest BCUT2D eigenvalue weighted by atomic mass is 35.5. The molecule has 0 aromatic heterocycles. The Labute approximate surface area is 63.9 Å². The van der Waals surface area contributed by atoms with Gasteiger partial charge in [-0.05, 0) is 6.58 Å². The molecule has 0 atom stereocenters. The largest absolute Gasteiger partial charge is 0.469 e. The zero-order chi connectivity index (χ0) is 8.15. The molecule has 0 saturated carbocycles. The molecule has 56 valence electrons. The molecule has 0 radical (unpaired) electrons. The molecule has 0 N–H and O–H groups in total. The standard InChI is InChI=1S/C6H7ClO3/c1-4(7)6(8)10-5(2)9-3/h1-2H2,3H3. The molecule has 0 saturated heterocycles. The number of hydrogen-bond donors (Lipinski definition) is 0. The molecule has 0 heterocycles. The lowest BCUT2D eigenvalue weighted by Gasteiger charge is -2.02. The summed E-state index contributed by atoms with van der Waals surface area (Å²) in [6.07, 6.45) is 0. The fourth-order valence-corrected chi connectivity index (χ4v) is 0.239. The van der Waals surface area contributed by atoms with Crippen molar-refractivity contribution in [1.29, 1.82) is 0 Å². The van der Waals surface area contributed by atoms with Crippen molar-refractivity contribution >= 4 is 17.6 Å². The lowest BCUT2D eigenvalue weighted by Crippen LogP contribution is -2.03. The molecule has 0 bridgehead atoms. The third-order valence-corrected chi connectivity index (χ3v) is 0.810. The topological polar surface area (TPSA) is 35.5 Å². The van der Waals surface area contributed by atoms with Crippen LogP contribution in [0, 0.1) is 0 Å². The van der Waals surface area contributed by atoms with Crippen LogP contribution in [0.3, 0.4) is 0 Å². The van der Waals surface area contributed by atoms with E-state index in [2.05, 4.69) is 22.6 Å². The molecule has 0 aliphatic heterocycles. The first-order valence-electron chi connectivity index (χ1n) is 2.37. The molecule has 0 aliphatic rings. The van der Waals surface area contributed by atoms with Crippen molar-refractivity contribution < 1.29 is 14.3 Å². The van der Waals surface area contributed by atoms with E-state index in [1.54, 1.807) is 0 Å². The first-order chi connectivity index (χ1) is 4.57. The van der Waals surface area contributed by atoms with E-state index in [1.165, 1.54) is 7.11 Å². The zero-order valence-corrected chi connectivity index (χ0v) is 6.27. The Kier molecular flexibility index (Phi) is 3.57. The SMILES string of the molecule is C=C(OC)OC(=O)C(=C)Cl. The van der Waals surface area contributed by atoms with Crippen molar-refractivity contribution in [1.82, 2.24) is 0 Å². The summed E-state index contributed by atoms with van der Waals surface area (Å²) in [5.74, 6) is -0.861. The summed E-state index contributed by atoms with van der Waals surface area (Å²) in [4.78, 5) is 10.5. The Morgan fingerprint density at radius 3 is 2.30 bits per heavy atom. The number of carbonyl (C=O) groups is 1. The first-order valence-corrected chi connectivity index (χ1v) is 2.75. The zero-order valence-electron chi connectivity index (χ0n) is 5.52. The summed E-state index contributed by atoms with van der Waals surface area (Å²) >= 11 is 5.16. The van der Waals surface area contributed by atoms with E-state index < -0.39 is 5.97 Å². The summed E-state index contributed by atoms with van der Waals surface area (Å²) in [7, 11) is 1.33. The van der Waals surface area contributed by atoms with Crippen LogP contribution in [0.1, 0.15) is 0 Å². The van der Waals surface area contributed by atoms with Crippen LogP contribution in [0.2, 0.25) is 0 Å². The predicted molar refractivity (Wildman–Crippen MR) is 37.2 cm³/mol. The summed E-state index contributed by atoms with van der Waals surface area (Å²) in [5, 5.41) is -0.210. The summed E-state index contributed by atoms with van der Waals surface area (Å²) in [5.41, 5.74) is 0. The van der Waals surface area contributed by atoms with Crippen molar-refractivity contribution in [3.63, 3.8) is 0 Å². The van der Waals surface area contributed by atoms with E-state index in [1.807, 2.05) is 0 Å². The normalized spacial score (nSPS) is 8.20. The Bertz CT molecular complexity index is 174. The van der Waals surface area contributed by atoms with Gasteiger partial charge in [-0.15, -0.1) is 0 Å². The molecule has 0 aromatic rings. The minimum atomic E-state index is -0.756. The lowest BCUT2D eigenvalue weighted by molar-refractivity contribution is -0.138.